The Kier molecular flexibility index (Phi) is 5.70. The van der Waals surface area contributed by atoms with Gasteiger partial charge in [0.15, 0.2) is 0 Å². The number of carbonyl (C=O) groups excluding carboxylic acids is 1. The van der Waals surface area contributed by atoms with Crippen molar-refractivity contribution in [1.82, 2.24) is 20.2 Å². The van der Waals surface area contributed by atoms with E-state index in [9.17, 15) is 4.79 Å². The second kappa shape index (κ2) is 7.52. The van der Waals surface area contributed by atoms with Crippen LogP contribution in [0.4, 0.5) is 0 Å². The molecular weight excluding hydrogens is 280 g/mol. The van der Waals surface area contributed by atoms with Crippen LogP contribution in [0.2, 0.25) is 5.15 Å². The van der Waals surface area contributed by atoms with Crippen molar-refractivity contribution in [2.75, 3.05) is 26.3 Å². The van der Waals surface area contributed by atoms with Gasteiger partial charge in [0.2, 0.25) is 5.91 Å². The maximum Gasteiger partial charge on any atom is 0.239 e. The fourth-order valence-corrected chi connectivity index (χ4v) is 2.16. The Morgan fingerprint density at radius 1 is 1.55 bits per heavy atom. The van der Waals surface area contributed by atoms with Gasteiger partial charge in [-0.2, -0.15) is 0 Å². The number of morpholine rings is 1. The predicted molar refractivity (Wildman–Crippen MR) is 75.4 cm³/mol. The summed E-state index contributed by atoms with van der Waals surface area (Å²) in [4.78, 5) is 22.4. The lowest BCUT2D eigenvalue weighted by Crippen LogP contribution is -2.53. The van der Waals surface area contributed by atoms with Crippen LogP contribution in [0.3, 0.4) is 0 Å². The van der Waals surface area contributed by atoms with E-state index in [1.807, 2.05) is 6.92 Å². The smallest absolute Gasteiger partial charge is 0.239 e. The molecule has 1 saturated heterocycles. The van der Waals surface area contributed by atoms with E-state index in [1.54, 1.807) is 6.20 Å². The molecule has 1 fully saturated rings. The van der Waals surface area contributed by atoms with Gasteiger partial charge in [0.05, 0.1) is 31.3 Å². The van der Waals surface area contributed by atoms with Crippen LogP contribution in [0.1, 0.15) is 19.0 Å². The lowest BCUT2D eigenvalue weighted by atomic mass is 10.2. The molecule has 1 unspecified atom stereocenters. The maximum absolute atomic E-state index is 12.1. The molecule has 0 aromatic carbocycles. The Bertz CT molecular complexity index is 441. The number of amides is 1. The van der Waals surface area contributed by atoms with Crippen molar-refractivity contribution in [3.8, 4) is 0 Å². The Morgan fingerprint density at radius 2 is 2.40 bits per heavy atom. The van der Waals surface area contributed by atoms with Crippen LogP contribution < -0.4 is 5.32 Å². The summed E-state index contributed by atoms with van der Waals surface area (Å²) in [6.07, 6.45) is 4.07. The minimum Gasteiger partial charge on any atom is -0.378 e. The normalized spacial score (nSPS) is 19.8. The van der Waals surface area contributed by atoms with Crippen molar-refractivity contribution >= 4 is 17.5 Å². The fourth-order valence-electron chi connectivity index (χ4n) is 2.06. The number of hydrogen-bond donors (Lipinski definition) is 1. The minimum absolute atomic E-state index is 0.00785. The van der Waals surface area contributed by atoms with Gasteiger partial charge in [-0.25, -0.2) is 4.98 Å². The van der Waals surface area contributed by atoms with Crippen LogP contribution in [0.5, 0.6) is 0 Å². The van der Waals surface area contributed by atoms with Gasteiger partial charge >= 0.3 is 0 Å². The molecule has 110 valence electrons. The molecule has 1 atom stereocenters. The van der Waals surface area contributed by atoms with E-state index in [0.717, 1.165) is 12.1 Å². The number of nitrogens with one attached hydrogen (secondary N) is 1. The summed E-state index contributed by atoms with van der Waals surface area (Å²) in [5.41, 5.74) is 0.796. The number of hydrogen-bond acceptors (Lipinski definition) is 5. The first-order chi connectivity index (χ1) is 9.70. The van der Waals surface area contributed by atoms with Crippen LogP contribution in [0.15, 0.2) is 12.4 Å². The SMILES string of the molecule is CCCNC(=O)C1COCCN1Cc1cnc(Cl)cn1. The van der Waals surface area contributed by atoms with Gasteiger partial charge < -0.3 is 10.1 Å². The highest BCUT2D eigenvalue weighted by Gasteiger charge is 2.29. The molecule has 2 rings (SSSR count). The molecule has 1 aliphatic heterocycles. The van der Waals surface area contributed by atoms with Crippen molar-refractivity contribution in [1.29, 1.82) is 0 Å². The zero-order chi connectivity index (χ0) is 14.4. The molecular formula is C13H19ClN4O2. The molecule has 0 saturated carbocycles. The molecule has 6 nitrogen and oxygen atoms in total. The molecule has 0 radical (unpaired) electrons. The summed E-state index contributed by atoms with van der Waals surface area (Å²) in [6.45, 7) is 5.02. The van der Waals surface area contributed by atoms with Crippen molar-refractivity contribution in [2.45, 2.75) is 25.9 Å². The van der Waals surface area contributed by atoms with Crippen LogP contribution in [-0.4, -0.2) is 53.1 Å². The second-order valence-corrected chi connectivity index (χ2v) is 5.07. The number of carbonyl (C=O) groups is 1. The maximum atomic E-state index is 12.1. The number of aromatic nitrogens is 2. The van der Waals surface area contributed by atoms with Crippen molar-refractivity contribution in [3.05, 3.63) is 23.2 Å². The first kappa shape index (κ1) is 15.2. The third-order valence-electron chi connectivity index (χ3n) is 3.13. The molecule has 1 aromatic heterocycles. The standard InChI is InChI=1S/C13H19ClN4O2/c1-2-3-15-13(19)11-9-20-5-4-18(11)8-10-6-17-12(14)7-16-10/h6-7,11H,2-5,8-9H2,1H3,(H,15,19). The van der Waals surface area contributed by atoms with Gasteiger partial charge in [-0.3, -0.25) is 14.7 Å². The molecule has 0 aliphatic carbocycles. The van der Waals surface area contributed by atoms with E-state index in [0.29, 0.717) is 38.0 Å². The van der Waals surface area contributed by atoms with E-state index < -0.39 is 0 Å². The van der Waals surface area contributed by atoms with Crippen LogP contribution in [0.25, 0.3) is 0 Å². The van der Waals surface area contributed by atoms with Crippen LogP contribution in [0, 0.1) is 0 Å². The molecule has 1 aliphatic rings. The molecule has 1 aromatic rings. The van der Waals surface area contributed by atoms with Gasteiger partial charge in [0, 0.05) is 19.6 Å². The van der Waals surface area contributed by atoms with Crippen LogP contribution >= 0.6 is 11.6 Å². The summed E-state index contributed by atoms with van der Waals surface area (Å²) in [7, 11) is 0. The van der Waals surface area contributed by atoms with Crippen molar-refractivity contribution in [2.24, 2.45) is 0 Å². The Morgan fingerprint density at radius 3 is 3.10 bits per heavy atom. The molecule has 1 amide bonds. The summed E-state index contributed by atoms with van der Waals surface area (Å²) < 4.78 is 5.41. The highest BCUT2D eigenvalue weighted by molar-refractivity contribution is 6.29. The van der Waals surface area contributed by atoms with Crippen LogP contribution in [-0.2, 0) is 16.1 Å². The van der Waals surface area contributed by atoms with Crippen molar-refractivity contribution < 1.29 is 9.53 Å². The first-order valence-corrected chi connectivity index (χ1v) is 7.14. The monoisotopic (exact) mass is 298 g/mol. The van der Waals surface area contributed by atoms with Crippen molar-refractivity contribution in [3.63, 3.8) is 0 Å². The average molecular weight is 299 g/mol. The lowest BCUT2D eigenvalue weighted by molar-refractivity contribution is -0.133. The number of nitrogens with zero attached hydrogens (tertiary/aromatic N) is 3. The molecule has 20 heavy (non-hydrogen) atoms. The summed E-state index contributed by atoms with van der Waals surface area (Å²) in [5.74, 6) is 0.00785. The largest absolute Gasteiger partial charge is 0.378 e. The topological polar surface area (TPSA) is 67.3 Å². The van der Waals surface area contributed by atoms with Gasteiger partial charge in [-0.1, -0.05) is 18.5 Å². The highest BCUT2D eigenvalue weighted by atomic mass is 35.5. The average Bonchev–Trinajstić information content (AvgIpc) is 2.48. The second-order valence-electron chi connectivity index (χ2n) is 4.68. The number of halogens is 1. The van der Waals surface area contributed by atoms with Gasteiger partial charge in [0.25, 0.3) is 0 Å². The number of rotatable bonds is 5. The Balaban J connectivity index is 1.99. The number of ether oxygens (including phenoxy) is 1. The third kappa shape index (κ3) is 4.13. The quantitative estimate of drug-likeness (QED) is 0.873. The minimum atomic E-state index is -0.271. The van der Waals surface area contributed by atoms with E-state index >= 15 is 0 Å². The molecule has 1 N–H and O–H groups in total. The first-order valence-electron chi connectivity index (χ1n) is 6.76. The Hall–Kier alpha value is -1.24. The summed E-state index contributed by atoms with van der Waals surface area (Å²) in [6, 6.07) is -0.271. The van der Waals surface area contributed by atoms with E-state index in [1.165, 1.54) is 6.20 Å². The summed E-state index contributed by atoms with van der Waals surface area (Å²) in [5, 5.41) is 3.28. The molecule has 7 heteroatoms. The van der Waals surface area contributed by atoms with E-state index in [-0.39, 0.29) is 11.9 Å². The predicted octanol–water partition coefficient (Wildman–Crippen LogP) is 0.857. The van der Waals surface area contributed by atoms with Gasteiger partial charge in [-0.15, -0.1) is 0 Å². The third-order valence-corrected chi connectivity index (χ3v) is 3.33. The van der Waals surface area contributed by atoms with E-state index in [2.05, 4.69) is 20.2 Å². The molecule has 0 bridgehead atoms. The van der Waals surface area contributed by atoms with Gasteiger partial charge in [0.1, 0.15) is 11.2 Å². The highest BCUT2D eigenvalue weighted by Crippen LogP contribution is 2.12. The zero-order valence-electron chi connectivity index (χ0n) is 11.5. The van der Waals surface area contributed by atoms with Gasteiger partial charge in [-0.05, 0) is 6.42 Å². The Labute approximate surface area is 123 Å². The molecule has 2 heterocycles. The fraction of sp³-hybridized carbons (Fsp3) is 0.615. The molecule has 0 spiro atoms. The van der Waals surface area contributed by atoms with E-state index in [4.69, 9.17) is 16.3 Å². The summed E-state index contributed by atoms with van der Waals surface area (Å²) >= 11 is 5.72. The zero-order valence-corrected chi connectivity index (χ0v) is 12.3. The lowest BCUT2D eigenvalue weighted by Gasteiger charge is -2.34.